The second-order valence-electron chi connectivity index (χ2n) is 7.27. The van der Waals surface area contributed by atoms with Gasteiger partial charge in [0.1, 0.15) is 0 Å². The monoisotopic (exact) mass is 385 g/mol. The van der Waals surface area contributed by atoms with Gasteiger partial charge in [-0.05, 0) is 72.4 Å². The highest BCUT2D eigenvalue weighted by Crippen LogP contribution is 2.25. The van der Waals surface area contributed by atoms with Gasteiger partial charge in [-0.15, -0.1) is 0 Å². The first-order valence-electron chi connectivity index (χ1n) is 9.86. The third kappa shape index (κ3) is 4.88. The minimum atomic E-state index is -0.184. The Balaban J connectivity index is 1.35. The van der Waals surface area contributed by atoms with Crippen molar-refractivity contribution in [2.24, 2.45) is 0 Å². The van der Waals surface area contributed by atoms with Gasteiger partial charge in [0.05, 0.1) is 18.7 Å². The number of aromatic nitrogens is 1. The zero-order valence-electron chi connectivity index (χ0n) is 16.2. The molecule has 2 aromatic carbocycles. The fourth-order valence-electron chi connectivity index (χ4n) is 3.64. The molecule has 0 saturated carbocycles. The third-order valence-corrected chi connectivity index (χ3v) is 5.09. The average molecular weight is 385 g/mol. The number of nitrogens with zero attached hydrogens (tertiary/aromatic N) is 1. The number of rotatable bonds is 6. The van der Waals surface area contributed by atoms with Crippen molar-refractivity contribution in [2.75, 3.05) is 5.32 Å². The second-order valence-corrected chi connectivity index (χ2v) is 7.27. The molecule has 146 valence electrons. The largest absolute Gasteiger partial charge is 0.346 e. The summed E-state index contributed by atoms with van der Waals surface area (Å²) in [4.78, 5) is 29.1. The Labute approximate surface area is 170 Å². The van der Waals surface area contributed by atoms with E-state index >= 15 is 0 Å². The molecule has 0 atom stereocenters. The first-order chi connectivity index (χ1) is 14.2. The molecule has 0 radical (unpaired) electrons. The Bertz CT molecular complexity index is 1030. The van der Waals surface area contributed by atoms with E-state index in [0.29, 0.717) is 12.1 Å². The fourth-order valence-corrected chi connectivity index (χ4v) is 3.64. The lowest BCUT2D eigenvalue weighted by Crippen LogP contribution is -2.23. The van der Waals surface area contributed by atoms with Crippen molar-refractivity contribution in [1.29, 1.82) is 0 Å². The first-order valence-corrected chi connectivity index (χ1v) is 9.86. The molecule has 0 aliphatic heterocycles. The van der Waals surface area contributed by atoms with E-state index in [2.05, 4.69) is 27.8 Å². The van der Waals surface area contributed by atoms with Crippen LogP contribution in [0.4, 0.5) is 5.69 Å². The van der Waals surface area contributed by atoms with E-state index in [-0.39, 0.29) is 18.2 Å². The van der Waals surface area contributed by atoms with Gasteiger partial charge in [0.15, 0.2) is 0 Å². The summed E-state index contributed by atoms with van der Waals surface area (Å²) in [6.45, 7) is 0.364. The van der Waals surface area contributed by atoms with E-state index < -0.39 is 0 Å². The van der Waals surface area contributed by atoms with Crippen molar-refractivity contribution < 1.29 is 9.59 Å². The predicted octanol–water partition coefficient (Wildman–Crippen LogP) is 3.68. The molecule has 0 saturated heterocycles. The van der Waals surface area contributed by atoms with Gasteiger partial charge in [0.2, 0.25) is 5.91 Å². The summed E-state index contributed by atoms with van der Waals surface area (Å²) >= 11 is 0. The topological polar surface area (TPSA) is 71.1 Å². The van der Waals surface area contributed by atoms with E-state index in [9.17, 15) is 9.59 Å². The third-order valence-electron chi connectivity index (χ3n) is 5.09. The van der Waals surface area contributed by atoms with Crippen LogP contribution in [-0.4, -0.2) is 16.8 Å². The Morgan fingerprint density at radius 3 is 2.69 bits per heavy atom. The number of amides is 2. The Kier molecular flexibility index (Phi) is 5.66. The quantitative estimate of drug-likeness (QED) is 0.680. The van der Waals surface area contributed by atoms with Crippen molar-refractivity contribution in [1.82, 2.24) is 10.3 Å². The lowest BCUT2D eigenvalue weighted by Gasteiger charge is -2.09. The fraction of sp³-hybridized carbons (Fsp3) is 0.208. The number of hydrogen-bond acceptors (Lipinski definition) is 3. The van der Waals surface area contributed by atoms with Gasteiger partial charge in [-0.25, -0.2) is 0 Å². The van der Waals surface area contributed by atoms with Crippen LogP contribution in [0.5, 0.6) is 0 Å². The maximum absolute atomic E-state index is 12.5. The number of benzene rings is 2. The Morgan fingerprint density at radius 1 is 0.931 bits per heavy atom. The summed E-state index contributed by atoms with van der Waals surface area (Å²) in [7, 11) is 0. The number of pyridine rings is 1. The van der Waals surface area contributed by atoms with Crippen LogP contribution >= 0.6 is 0 Å². The molecule has 5 nitrogen and oxygen atoms in total. The number of carbonyl (C=O) groups excluding carboxylic acids is 2. The van der Waals surface area contributed by atoms with E-state index in [0.717, 1.165) is 29.8 Å². The normalized spacial score (nSPS) is 12.3. The van der Waals surface area contributed by atoms with Crippen LogP contribution in [0.3, 0.4) is 0 Å². The van der Waals surface area contributed by atoms with Gasteiger partial charge in [-0.2, -0.15) is 0 Å². The van der Waals surface area contributed by atoms with Gasteiger partial charge in [-0.3, -0.25) is 14.6 Å². The lowest BCUT2D eigenvalue weighted by atomic mass is 10.1. The highest BCUT2D eigenvalue weighted by Gasteiger charge is 2.13. The number of anilines is 1. The van der Waals surface area contributed by atoms with Gasteiger partial charge in [0, 0.05) is 17.4 Å². The summed E-state index contributed by atoms with van der Waals surface area (Å²) in [6.07, 6.45) is 5.30. The molecule has 1 aromatic heterocycles. The van der Waals surface area contributed by atoms with E-state index in [1.54, 1.807) is 24.4 Å². The standard InChI is InChI=1S/C24H23N3O2/c28-23(27-21-11-10-18-6-4-7-19(18)15-21)14-17-5-3-8-20(13-17)24(29)26-16-22-9-1-2-12-25-22/h1-3,5,8-13,15H,4,6-7,14,16H2,(H,26,29)(H,27,28). The van der Waals surface area contributed by atoms with Crippen LogP contribution in [0.2, 0.25) is 0 Å². The summed E-state index contributed by atoms with van der Waals surface area (Å²) in [5.41, 5.74) is 5.67. The van der Waals surface area contributed by atoms with Crippen LogP contribution in [0.25, 0.3) is 0 Å². The number of aryl methyl sites for hydroxylation is 2. The van der Waals surface area contributed by atoms with E-state index in [4.69, 9.17) is 0 Å². The molecular formula is C24H23N3O2. The molecule has 0 fully saturated rings. The predicted molar refractivity (Wildman–Crippen MR) is 113 cm³/mol. The molecule has 1 heterocycles. The first kappa shape index (κ1) is 18.9. The molecule has 4 rings (SSSR count). The lowest BCUT2D eigenvalue weighted by molar-refractivity contribution is -0.115. The van der Waals surface area contributed by atoms with Crippen molar-refractivity contribution in [3.63, 3.8) is 0 Å². The zero-order chi connectivity index (χ0) is 20.1. The Hall–Kier alpha value is -3.47. The molecule has 1 aliphatic rings. The van der Waals surface area contributed by atoms with Gasteiger partial charge < -0.3 is 10.6 Å². The number of hydrogen-bond donors (Lipinski definition) is 2. The Morgan fingerprint density at radius 2 is 1.83 bits per heavy atom. The highest BCUT2D eigenvalue weighted by atomic mass is 16.2. The van der Waals surface area contributed by atoms with Crippen LogP contribution < -0.4 is 10.6 Å². The van der Waals surface area contributed by atoms with Crippen molar-refractivity contribution in [3.05, 3.63) is 94.8 Å². The molecule has 1 aliphatic carbocycles. The second kappa shape index (κ2) is 8.69. The van der Waals surface area contributed by atoms with Crippen LogP contribution in [0.15, 0.2) is 66.9 Å². The highest BCUT2D eigenvalue weighted by molar-refractivity contribution is 5.95. The molecule has 2 amide bonds. The molecule has 0 unspecified atom stereocenters. The smallest absolute Gasteiger partial charge is 0.251 e. The molecule has 5 heteroatoms. The summed E-state index contributed by atoms with van der Waals surface area (Å²) in [6, 6.07) is 18.9. The molecule has 29 heavy (non-hydrogen) atoms. The van der Waals surface area contributed by atoms with Crippen molar-refractivity contribution in [2.45, 2.75) is 32.2 Å². The number of nitrogens with one attached hydrogen (secondary N) is 2. The summed E-state index contributed by atoms with van der Waals surface area (Å²) in [5, 5.41) is 5.83. The van der Waals surface area contributed by atoms with Crippen LogP contribution in [0.1, 0.15) is 39.2 Å². The number of fused-ring (bicyclic) bond motifs is 1. The average Bonchev–Trinajstić information content (AvgIpc) is 3.21. The summed E-state index contributed by atoms with van der Waals surface area (Å²) < 4.78 is 0. The summed E-state index contributed by atoms with van der Waals surface area (Å²) in [5.74, 6) is -0.273. The van der Waals surface area contributed by atoms with E-state index in [1.165, 1.54) is 17.5 Å². The molecular weight excluding hydrogens is 362 g/mol. The zero-order valence-corrected chi connectivity index (χ0v) is 16.2. The van der Waals surface area contributed by atoms with Gasteiger partial charge >= 0.3 is 0 Å². The molecule has 2 N–H and O–H groups in total. The minimum Gasteiger partial charge on any atom is -0.346 e. The molecule has 3 aromatic rings. The maximum Gasteiger partial charge on any atom is 0.251 e. The van der Waals surface area contributed by atoms with Crippen molar-refractivity contribution >= 4 is 17.5 Å². The van der Waals surface area contributed by atoms with Crippen LogP contribution in [-0.2, 0) is 30.6 Å². The number of carbonyl (C=O) groups is 2. The minimum absolute atomic E-state index is 0.0889. The van der Waals surface area contributed by atoms with Crippen LogP contribution in [0, 0.1) is 0 Å². The SMILES string of the molecule is O=C(Cc1cccc(C(=O)NCc2ccccn2)c1)Nc1ccc2c(c1)CCC2. The molecule has 0 spiro atoms. The van der Waals surface area contributed by atoms with E-state index in [1.807, 2.05) is 30.3 Å². The maximum atomic E-state index is 12.5. The van der Waals surface area contributed by atoms with Crippen molar-refractivity contribution in [3.8, 4) is 0 Å². The molecule has 0 bridgehead atoms. The van der Waals surface area contributed by atoms with Gasteiger partial charge in [0.25, 0.3) is 5.91 Å². The van der Waals surface area contributed by atoms with Gasteiger partial charge in [-0.1, -0.05) is 24.3 Å².